The summed E-state index contributed by atoms with van der Waals surface area (Å²) in [7, 11) is 0. The van der Waals surface area contributed by atoms with E-state index in [1.165, 1.54) is 77.5 Å². The zero-order valence-corrected chi connectivity index (χ0v) is 10.5. The standard InChI is InChI=1S/C14H26N2/c1-2-5-14(6-3-1)7-10-16(11-8-14)13-4-9-15-12-13/h13,15H,1-12H2/t13-/m0/s1. The second kappa shape index (κ2) is 4.66. The third-order valence-electron chi connectivity index (χ3n) is 5.32. The predicted molar refractivity (Wildman–Crippen MR) is 67.6 cm³/mol. The van der Waals surface area contributed by atoms with E-state index in [2.05, 4.69) is 10.2 Å². The summed E-state index contributed by atoms with van der Waals surface area (Å²) in [5.41, 5.74) is 0.779. The van der Waals surface area contributed by atoms with E-state index >= 15 is 0 Å². The molecule has 3 fully saturated rings. The Morgan fingerprint density at radius 1 is 0.938 bits per heavy atom. The molecule has 0 bridgehead atoms. The van der Waals surface area contributed by atoms with Crippen LogP contribution >= 0.6 is 0 Å². The topological polar surface area (TPSA) is 15.3 Å². The third-order valence-corrected chi connectivity index (χ3v) is 5.32. The van der Waals surface area contributed by atoms with Gasteiger partial charge in [0.1, 0.15) is 0 Å². The first-order valence-corrected chi connectivity index (χ1v) is 7.33. The molecule has 2 heteroatoms. The molecule has 92 valence electrons. The Morgan fingerprint density at radius 2 is 1.69 bits per heavy atom. The molecular weight excluding hydrogens is 196 g/mol. The van der Waals surface area contributed by atoms with Crippen LogP contribution in [0, 0.1) is 5.41 Å². The highest BCUT2D eigenvalue weighted by atomic mass is 15.2. The van der Waals surface area contributed by atoms with Gasteiger partial charge < -0.3 is 5.32 Å². The van der Waals surface area contributed by atoms with Crippen molar-refractivity contribution in [2.24, 2.45) is 5.41 Å². The summed E-state index contributed by atoms with van der Waals surface area (Å²) in [5, 5.41) is 3.50. The van der Waals surface area contributed by atoms with Crippen LogP contribution in [-0.2, 0) is 0 Å². The first kappa shape index (κ1) is 11.0. The number of piperidine rings is 1. The molecule has 0 amide bonds. The van der Waals surface area contributed by atoms with Gasteiger partial charge in [-0.1, -0.05) is 19.3 Å². The number of hydrogen-bond donors (Lipinski definition) is 1. The molecular formula is C14H26N2. The van der Waals surface area contributed by atoms with Gasteiger partial charge in [0.15, 0.2) is 0 Å². The van der Waals surface area contributed by atoms with Crippen molar-refractivity contribution >= 4 is 0 Å². The van der Waals surface area contributed by atoms with Gasteiger partial charge in [-0.05, 0) is 57.2 Å². The fourth-order valence-corrected chi connectivity index (χ4v) is 4.12. The van der Waals surface area contributed by atoms with Gasteiger partial charge in [-0.15, -0.1) is 0 Å². The fraction of sp³-hybridized carbons (Fsp3) is 1.00. The number of nitrogens with one attached hydrogen (secondary N) is 1. The average molecular weight is 222 g/mol. The Bertz CT molecular complexity index is 217. The van der Waals surface area contributed by atoms with Crippen molar-refractivity contribution in [2.45, 2.75) is 57.4 Å². The summed E-state index contributed by atoms with van der Waals surface area (Å²) in [4.78, 5) is 2.76. The molecule has 0 unspecified atom stereocenters. The van der Waals surface area contributed by atoms with E-state index in [1.54, 1.807) is 0 Å². The van der Waals surface area contributed by atoms with E-state index in [0.717, 1.165) is 11.5 Å². The van der Waals surface area contributed by atoms with Gasteiger partial charge in [0.2, 0.25) is 0 Å². The van der Waals surface area contributed by atoms with E-state index in [-0.39, 0.29) is 0 Å². The molecule has 1 aliphatic carbocycles. The van der Waals surface area contributed by atoms with Crippen LogP contribution in [0.2, 0.25) is 0 Å². The molecule has 16 heavy (non-hydrogen) atoms. The van der Waals surface area contributed by atoms with Gasteiger partial charge in [-0.2, -0.15) is 0 Å². The van der Waals surface area contributed by atoms with Gasteiger partial charge in [-0.25, -0.2) is 0 Å². The molecule has 0 aromatic rings. The smallest absolute Gasteiger partial charge is 0.0232 e. The average Bonchev–Trinajstić information content (AvgIpc) is 2.85. The lowest BCUT2D eigenvalue weighted by Crippen LogP contribution is -2.46. The lowest BCUT2D eigenvalue weighted by atomic mass is 9.68. The first-order valence-electron chi connectivity index (χ1n) is 7.33. The SMILES string of the molecule is C1CCC2(CC1)CCN([C@H]1CCNC1)CC2. The Kier molecular flexibility index (Phi) is 3.21. The second-order valence-electron chi connectivity index (χ2n) is 6.24. The molecule has 2 heterocycles. The molecule has 2 nitrogen and oxygen atoms in total. The molecule has 0 aromatic heterocycles. The second-order valence-corrected chi connectivity index (χ2v) is 6.24. The van der Waals surface area contributed by atoms with Gasteiger partial charge in [0, 0.05) is 12.6 Å². The summed E-state index contributed by atoms with van der Waals surface area (Å²) in [6.45, 7) is 5.25. The van der Waals surface area contributed by atoms with E-state index < -0.39 is 0 Å². The molecule has 3 rings (SSSR count). The fourth-order valence-electron chi connectivity index (χ4n) is 4.12. The van der Waals surface area contributed by atoms with E-state index in [0.29, 0.717) is 0 Å². The zero-order valence-electron chi connectivity index (χ0n) is 10.5. The Hall–Kier alpha value is -0.0800. The summed E-state index contributed by atoms with van der Waals surface area (Å²) in [6, 6.07) is 0.862. The molecule has 2 aliphatic heterocycles. The molecule has 1 N–H and O–H groups in total. The summed E-state index contributed by atoms with van der Waals surface area (Å²) in [6.07, 6.45) is 11.9. The van der Waals surface area contributed by atoms with Crippen LogP contribution in [0.3, 0.4) is 0 Å². The van der Waals surface area contributed by atoms with Crippen molar-refractivity contribution < 1.29 is 0 Å². The van der Waals surface area contributed by atoms with Gasteiger partial charge >= 0.3 is 0 Å². The quantitative estimate of drug-likeness (QED) is 0.733. The van der Waals surface area contributed by atoms with Crippen molar-refractivity contribution in [3.05, 3.63) is 0 Å². The van der Waals surface area contributed by atoms with E-state index in [1.807, 2.05) is 0 Å². The first-order chi connectivity index (χ1) is 7.88. The Labute approximate surface area is 99.8 Å². The van der Waals surface area contributed by atoms with Crippen LogP contribution in [0.4, 0.5) is 0 Å². The Morgan fingerprint density at radius 3 is 2.31 bits per heavy atom. The molecule has 2 saturated heterocycles. The molecule has 1 spiro atoms. The predicted octanol–water partition coefficient (Wildman–Crippen LogP) is 2.39. The van der Waals surface area contributed by atoms with Crippen molar-refractivity contribution in [3.8, 4) is 0 Å². The summed E-state index contributed by atoms with van der Waals surface area (Å²) in [5.74, 6) is 0. The lowest BCUT2D eigenvalue weighted by Gasteiger charge is -2.45. The monoisotopic (exact) mass is 222 g/mol. The number of nitrogens with zero attached hydrogens (tertiary/aromatic N) is 1. The van der Waals surface area contributed by atoms with Crippen molar-refractivity contribution in [3.63, 3.8) is 0 Å². The molecule has 3 aliphatic rings. The number of likely N-dealkylation sites (tertiary alicyclic amines) is 1. The van der Waals surface area contributed by atoms with Gasteiger partial charge in [0.05, 0.1) is 0 Å². The maximum Gasteiger partial charge on any atom is 0.0232 e. The van der Waals surface area contributed by atoms with Crippen LogP contribution in [-0.4, -0.2) is 37.1 Å². The molecule has 0 radical (unpaired) electrons. The minimum absolute atomic E-state index is 0.779. The van der Waals surface area contributed by atoms with Crippen molar-refractivity contribution in [2.75, 3.05) is 26.2 Å². The zero-order chi connectivity index (χ0) is 10.8. The highest BCUT2D eigenvalue weighted by Crippen LogP contribution is 2.44. The van der Waals surface area contributed by atoms with Crippen LogP contribution in [0.15, 0.2) is 0 Å². The molecule has 1 atom stereocenters. The molecule has 1 saturated carbocycles. The van der Waals surface area contributed by atoms with Crippen LogP contribution in [0.1, 0.15) is 51.4 Å². The third kappa shape index (κ3) is 2.14. The number of rotatable bonds is 1. The Balaban J connectivity index is 1.54. The van der Waals surface area contributed by atoms with Crippen molar-refractivity contribution in [1.82, 2.24) is 10.2 Å². The highest BCUT2D eigenvalue weighted by molar-refractivity contribution is 4.91. The maximum atomic E-state index is 3.50. The van der Waals surface area contributed by atoms with E-state index in [9.17, 15) is 0 Å². The van der Waals surface area contributed by atoms with E-state index in [4.69, 9.17) is 0 Å². The van der Waals surface area contributed by atoms with Crippen molar-refractivity contribution in [1.29, 1.82) is 0 Å². The lowest BCUT2D eigenvalue weighted by molar-refractivity contribution is 0.0493. The maximum absolute atomic E-state index is 3.50. The summed E-state index contributed by atoms with van der Waals surface area (Å²) < 4.78 is 0. The van der Waals surface area contributed by atoms with Crippen LogP contribution < -0.4 is 5.32 Å². The van der Waals surface area contributed by atoms with Crippen LogP contribution in [0.25, 0.3) is 0 Å². The largest absolute Gasteiger partial charge is 0.315 e. The highest BCUT2D eigenvalue weighted by Gasteiger charge is 2.37. The van der Waals surface area contributed by atoms with Crippen LogP contribution in [0.5, 0.6) is 0 Å². The summed E-state index contributed by atoms with van der Waals surface area (Å²) >= 11 is 0. The minimum atomic E-state index is 0.779. The minimum Gasteiger partial charge on any atom is -0.315 e. The van der Waals surface area contributed by atoms with Gasteiger partial charge in [-0.3, -0.25) is 4.90 Å². The van der Waals surface area contributed by atoms with Gasteiger partial charge in [0.25, 0.3) is 0 Å². The normalized spacial score (nSPS) is 35.6. The number of hydrogen-bond acceptors (Lipinski definition) is 2. The molecule has 0 aromatic carbocycles.